The fourth-order valence-corrected chi connectivity index (χ4v) is 12.5. The Kier molecular flexibility index (Phi) is 16.0. The third-order valence-corrected chi connectivity index (χ3v) is 15.8. The number of carbonyl (C=O) groups excluding carboxylic acids is 5. The molecule has 60 heavy (non-hydrogen) atoms. The highest BCUT2D eigenvalue weighted by Crippen LogP contribution is 2.71. The van der Waals surface area contributed by atoms with Crippen LogP contribution in [0.2, 0.25) is 0 Å². The molecule has 11 atom stereocenters. The van der Waals surface area contributed by atoms with E-state index in [0.717, 1.165) is 36.8 Å². The van der Waals surface area contributed by atoms with Crippen LogP contribution in [0.15, 0.2) is 24.3 Å². The van der Waals surface area contributed by atoms with Crippen molar-refractivity contribution in [2.45, 2.75) is 169 Å². The molecule has 4 saturated carbocycles. The van der Waals surface area contributed by atoms with Gasteiger partial charge in [-0.2, -0.15) is 0 Å². The maximum atomic E-state index is 14.5. The lowest BCUT2D eigenvalue weighted by Gasteiger charge is -2.65. The standard InChI is InChI=1S/C49H74O11/c1-10-12-24-56-44(53)43(45(54)57-25-13-11-2)49(34-17-15-33(16-18-34)29-60-46(4,5)6)23-22-47(7)35(28-49)26-39(58-30-50)42-37-20-19-36(32(3)14-21-41(52)55-9)48(37,8)40(59-31-51)27-38(42)47/h15-18,30-32,35-40,42-43H,10-14,19-29H2,1-9H3/t32-,35-,36-,37+,38+,39-,40+,42+,47+,48-,49+/m1/s1. The molecular weight excluding hydrogens is 765 g/mol. The molecule has 0 unspecified atom stereocenters. The van der Waals surface area contributed by atoms with Crippen LogP contribution in [0.5, 0.6) is 0 Å². The molecule has 0 aromatic heterocycles. The predicted molar refractivity (Wildman–Crippen MR) is 226 cm³/mol. The van der Waals surface area contributed by atoms with Gasteiger partial charge in [0.15, 0.2) is 5.92 Å². The van der Waals surface area contributed by atoms with Gasteiger partial charge in [0.05, 0.1) is 32.5 Å². The minimum absolute atomic E-state index is 0.0224. The largest absolute Gasteiger partial charge is 0.469 e. The van der Waals surface area contributed by atoms with Crippen LogP contribution in [0.1, 0.15) is 150 Å². The summed E-state index contributed by atoms with van der Waals surface area (Å²) in [5, 5.41) is 0. The van der Waals surface area contributed by atoms with Gasteiger partial charge in [-0.05, 0) is 131 Å². The highest BCUT2D eigenvalue weighted by molar-refractivity contribution is 5.97. The van der Waals surface area contributed by atoms with E-state index in [2.05, 4.69) is 20.8 Å². The normalized spacial score (nSPS) is 32.7. The zero-order valence-electron chi connectivity index (χ0n) is 38.0. The lowest BCUT2D eigenvalue weighted by molar-refractivity contribution is -0.218. The van der Waals surface area contributed by atoms with Crippen LogP contribution >= 0.6 is 0 Å². The molecule has 1 aromatic carbocycles. The summed E-state index contributed by atoms with van der Waals surface area (Å²) in [6.45, 7) is 18.9. The summed E-state index contributed by atoms with van der Waals surface area (Å²) in [6.07, 6.45) is 7.97. The maximum absolute atomic E-state index is 14.5. The van der Waals surface area contributed by atoms with E-state index in [1.54, 1.807) is 0 Å². The average Bonchev–Trinajstić information content (AvgIpc) is 3.58. The Hall–Kier alpha value is -3.47. The van der Waals surface area contributed by atoms with Crippen molar-refractivity contribution in [1.29, 1.82) is 0 Å². The smallest absolute Gasteiger partial charge is 0.321 e. The molecule has 11 heteroatoms. The number of carbonyl (C=O) groups is 5. The van der Waals surface area contributed by atoms with Crippen LogP contribution in [0, 0.1) is 52.3 Å². The van der Waals surface area contributed by atoms with Crippen LogP contribution in [-0.2, 0) is 64.4 Å². The Morgan fingerprint density at radius 3 is 2.07 bits per heavy atom. The molecule has 0 N–H and O–H groups in total. The summed E-state index contributed by atoms with van der Waals surface area (Å²) in [6, 6.07) is 8.14. The fraction of sp³-hybridized carbons (Fsp3) is 0.776. The van der Waals surface area contributed by atoms with Gasteiger partial charge in [0.2, 0.25) is 0 Å². The number of ether oxygens (including phenoxy) is 6. The molecule has 4 aliphatic rings. The van der Waals surface area contributed by atoms with E-state index >= 15 is 0 Å². The van der Waals surface area contributed by atoms with Gasteiger partial charge >= 0.3 is 17.9 Å². The molecule has 4 aliphatic carbocycles. The van der Waals surface area contributed by atoms with Crippen LogP contribution in [0.3, 0.4) is 0 Å². The zero-order chi connectivity index (χ0) is 43.9. The first kappa shape index (κ1) is 47.6. The highest BCUT2D eigenvalue weighted by atomic mass is 16.6. The molecule has 1 aromatic rings. The monoisotopic (exact) mass is 839 g/mol. The van der Waals surface area contributed by atoms with Crippen molar-refractivity contribution in [2.75, 3.05) is 20.3 Å². The molecule has 0 heterocycles. The molecule has 0 spiro atoms. The topological polar surface area (TPSA) is 141 Å². The number of hydrogen-bond donors (Lipinski definition) is 0. The van der Waals surface area contributed by atoms with Crippen molar-refractivity contribution in [2.24, 2.45) is 52.3 Å². The summed E-state index contributed by atoms with van der Waals surface area (Å²) in [5.74, 6) is -2.08. The Morgan fingerprint density at radius 2 is 1.50 bits per heavy atom. The van der Waals surface area contributed by atoms with E-state index in [1.807, 2.05) is 58.9 Å². The summed E-state index contributed by atoms with van der Waals surface area (Å²) >= 11 is 0. The first-order valence-corrected chi connectivity index (χ1v) is 22.9. The summed E-state index contributed by atoms with van der Waals surface area (Å²) in [5.41, 5.74) is -0.108. The predicted octanol–water partition coefficient (Wildman–Crippen LogP) is 9.09. The number of fused-ring (bicyclic) bond motifs is 5. The van der Waals surface area contributed by atoms with Crippen LogP contribution in [0.4, 0.5) is 0 Å². The molecule has 11 nitrogen and oxygen atoms in total. The van der Waals surface area contributed by atoms with Gasteiger partial charge in [0, 0.05) is 23.2 Å². The first-order valence-electron chi connectivity index (χ1n) is 22.9. The molecular formula is C49H74O11. The van der Waals surface area contributed by atoms with Crippen LogP contribution in [0.25, 0.3) is 0 Å². The number of rotatable bonds is 20. The van der Waals surface area contributed by atoms with E-state index < -0.39 is 34.8 Å². The van der Waals surface area contributed by atoms with E-state index in [-0.39, 0.29) is 71.8 Å². The van der Waals surface area contributed by atoms with Crippen molar-refractivity contribution in [3.63, 3.8) is 0 Å². The quantitative estimate of drug-likeness (QED) is 0.0408. The summed E-state index contributed by atoms with van der Waals surface area (Å²) in [7, 11) is 1.41. The molecule has 0 saturated heterocycles. The average molecular weight is 839 g/mol. The highest BCUT2D eigenvalue weighted by Gasteiger charge is 2.69. The minimum Gasteiger partial charge on any atom is -0.469 e. The number of esters is 3. The zero-order valence-corrected chi connectivity index (χ0v) is 38.0. The van der Waals surface area contributed by atoms with Gasteiger partial charge in [-0.15, -0.1) is 0 Å². The third-order valence-electron chi connectivity index (χ3n) is 15.8. The van der Waals surface area contributed by atoms with E-state index in [1.165, 1.54) is 7.11 Å². The summed E-state index contributed by atoms with van der Waals surface area (Å²) in [4.78, 5) is 65.9. The van der Waals surface area contributed by atoms with Crippen molar-refractivity contribution >= 4 is 30.9 Å². The van der Waals surface area contributed by atoms with E-state index in [4.69, 9.17) is 28.4 Å². The lowest BCUT2D eigenvalue weighted by Crippen LogP contribution is -2.64. The van der Waals surface area contributed by atoms with Crippen molar-refractivity contribution in [3.05, 3.63) is 35.4 Å². The lowest BCUT2D eigenvalue weighted by atomic mass is 9.40. The number of benzene rings is 1. The third kappa shape index (κ3) is 9.76. The molecule has 0 radical (unpaired) electrons. The van der Waals surface area contributed by atoms with Gasteiger partial charge in [-0.1, -0.05) is 71.7 Å². The van der Waals surface area contributed by atoms with Crippen LogP contribution in [-0.4, -0.2) is 69.0 Å². The first-order chi connectivity index (χ1) is 28.5. The van der Waals surface area contributed by atoms with Gasteiger partial charge in [-0.25, -0.2) is 0 Å². The second-order valence-electron chi connectivity index (χ2n) is 20.0. The number of unbranched alkanes of at least 4 members (excludes halogenated alkanes) is 2. The second kappa shape index (κ2) is 20.1. The van der Waals surface area contributed by atoms with Gasteiger partial charge < -0.3 is 28.4 Å². The van der Waals surface area contributed by atoms with Crippen LogP contribution < -0.4 is 0 Å². The van der Waals surface area contributed by atoms with Crippen molar-refractivity contribution < 1.29 is 52.4 Å². The Balaban J connectivity index is 1.57. The molecule has 5 rings (SSSR count). The molecule has 0 aliphatic heterocycles. The Morgan fingerprint density at radius 1 is 0.867 bits per heavy atom. The minimum atomic E-state index is -1.20. The maximum Gasteiger partial charge on any atom is 0.321 e. The molecule has 0 bridgehead atoms. The fourth-order valence-electron chi connectivity index (χ4n) is 12.5. The molecule has 4 fully saturated rings. The van der Waals surface area contributed by atoms with Gasteiger partial charge in [0.1, 0.15) is 12.2 Å². The van der Waals surface area contributed by atoms with Crippen molar-refractivity contribution in [1.82, 2.24) is 0 Å². The Labute approximate surface area is 359 Å². The molecule has 336 valence electrons. The molecule has 0 amide bonds. The van der Waals surface area contributed by atoms with Crippen molar-refractivity contribution in [3.8, 4) is 0 Å². The van der Waals surface area contributed by atoms with Gasteiger partial charge in [0.25, 0.3) is 12.9 Å². The SMILES string of the molecule is CCCCOC(=O)C(C(=O)OCCCC)[C@@]1(c2ccc(COC(C)(C)C)cc2)CC[C@@]2(C)[C@H](C[C@@H](OC=O)[C@@H]3[C@@H]2C[C@H](OC=O)[C@]2(C)[C@@H]([C@H](C)CCC(=O)OC)CC[C@@H]32)C1. The van der Waals surface area contributed by atoms with E-state index in [0.29, 0.717) is 77.3 Å². The number of methoxy groups -OCH3 is 1. The van der Waals surface area contributed by atoms with E-state index in [9.17, 15) is 24.0 Å². The second-order valence-corrected chi connectivity index (χ2v) is 20.0. The number of hydrogen-bond acceptors (Lipinski definition) is 11. The Bertz CT molecular complexity index is 1600. The summed E-state index contributed by atoms with van der Waals surface area (Å²) < 4.78 is 35.2. The van der Waals surface area contributed by atoms with Gasteiger partial charge in [-0.3, -0.25) is 24.0 Å².